The summed E-state index contributed by atoms with van der Waals surface area (Å²) in [7, 11) is 0. The first-order valence-electron chi connectivity index (χ1n) is 7.90. The second-order valence-corrected chi connectivity index (χ2v) is 6.39. The number of rotatable bonds is 6. The summed E-state index contributed by atoms with van der Waals surface area (Å²) in [5.74, 6) is 0.446. The fraction of sp³-hybridized carbons (Fsp3) is 0.111. The molecule has 2 aromatic heterocycles. The number of carbonyl (C=O) groups is 1. The average Bonchev–Trinajstić information content (AvgIpc) is 2.67. The maximum absolute atomic E-state index is 12.5. The minimum Gasteiger partial charge on any atom is -0.437 e. The number of alkyl halides is 3. The number of aromatic nitrogens is 3. The quantitative estimate of drug-likeness (QED) is 0.611. The van der Waals surface area contributed by atoms with Gasteiger partial charge in [-0.15, -0.1) is 0 Å². The van der Waals surface area contributed by atoms with E-state index in [9.17, 15) is 18.0 Å². The first-order chi connectivity index (χ1) is 13.4. The van der Waals surface area contributed by atoms with Crippen LogP contribution in [0.15, 0.2) is 66.2 Å². The number of pyridine rings is 1. The third-order valence-electron chi connectivity index (χ3n) is 3.29. The first kappa shape index (κ1) is 19.6. The van der Waals surface area contributed by atoms with Gasteiger partial charge in [-0.2, -0.15) is 13.2 Å². The Kier molecular flexibility index (Phi) is 6.09. The first-order valence-corrected chi connectivity index (χ1v) is 8.88. The Labute approximate surface area is 162 Å². The normalized spacial score (nSPS) is 11.1. The molecule has 0 unspecified atom stereocenters. The SMILES string of the molecule is O=C(CSc1ccc(C(F)(F)F)cn1)Nc1cccc(Oc2cnccn2)c1. The molecule has 0 saturated carbocycles. The fourth-order valence-corrected chi connectivity index (χ4v) is 2.71. The zero-order valence-corrected chi connectivity index (χ0v) is 15.0. The lowest BCUT2D eigenvalue weighted by molar-refractivity contribution is -0.137. The number of ether oxygens (including phenoxy) is 1. The number of nitrogens with one attached hydrogen (secondary N) is 1. The Balaban J connectivity index is 1.54. The zero-order chi connectivity index (χ0) is 20.0. The number of hydrogen-bond acceptors (Lipinski definition) is 6. The number of halogens is 3. The van der Waals surface area contributed by atoms with Crippen LogP contribution in [0.1, 0.15) is 5.56 Å². The van der Waals surface area contributed by atoms with Crippen molar-refractivity contribution in [1.82, 2.24) is 15.0 Å². The molecule has 1 amide bonds. The number of benzene rings is 1. The van der Waals surface area contributed by atoms with Crippen LogP contribution < -0.4 is 10.1 Å². The van der Waals surface area contributed by atoms with Gasteiger partial charge < -0.3 is 10.1 Å². The third kappa shape index (κ3) is 5.68. The Bertz CT molecular complexity index is 938. The highest BCUT2D eigenvalue weighted by Gasteiger charge is 2.30. The van der Waals surface area contributed by atoms with Crippen molar-refractivity contribution in [1.29, 1.82) is 0 Å². The van der Waals surface area contributed by atoms with E-state index >= 15 is 0 Å². The highest BCUT2D eigenvalue weighted by molar-refractivity contribution is 7.99. The smallest absolute Gasteiger partial charge is 0.417 e. The number of thioether (sulfide) groups is 1. The van der Waals surface area contributed by atoms with Crippen LogP contribution in [0.2, 0.25) is 0 Å². The van der Waals surface area contributed by atoms with Crippen LogP contribution in [-0.2, 0) is 11.0 Å². The van der Waals surface area contributed by atoms with Crippen LogP contribution in [0.4, 0.5) is 18.9 Å². The second-order valence-electron chi connectivity index (χ2n) is 5.39. The zero-order valence-electron chi connectivity index (χ0n) is 14.2. The monoisotopic (exact) mass is 406 g/mol. The summed E-state index contributed by atoms with van der Waals surface area (Å²) in [6.07, 6.45) is 0.776. The van der Waals surface area contributed by atoms with Gasteiger partial charge in [0, 0.05) is 30.3 Å². The summed E-state index contributed by atoms with van der Waals surface area (Å²) < 4.78 is 43.1. The van der Waals surface area contributed by atoms with Crippen LogP contribution in [0.3, 0.4) is 0 Å². The van der Waals surface area contributed by atoms with Crippen LogP contribution in [0.25, 0.3) is 0 Å². The van der Waals surface area contributed by atoms with Gasteiger partial charge in [-0.1, -0.05) is 17.8 Å². The van der Waals surface area contributed by atoms with Gasteiger partial charge in [0.25, 0.3) is 0 Å². The number of anilines is 1. The molecule has 1 N–H and O–H groups in total. The molecule has 0 atom stereocenters. The molecule has 0 aliphatic rings. The van der Waals surface area contributed by atoms with E-state index in [1.165, 1.54) is 24.7 Å². The Morgan fingerprint density at radius 3 is 2.64 bits per heavy atom. The molecule has 28 heavy (non-hydrogen) atoms. The van der Waals surface area contributed by atoms with Crippen molar-refractivity contribution in [2.24, 2.45) is 0 Å². The maximum Gasteiger partial charge on any atom is 0.417 e. The van der Waals surface area contributed by atoms with E-state index in [4.69, 9.17) is 4.74 Å². The third-order valence-corrected chi connectivity index (χ3v) is 4.24. The minimum atomic E-state index is -4.44. The van der Waals surface area contributed by atoms with Crippen molar-refractivity contribution >= 4 is 23.4 Å². The van der Waals surface area contributed by atoms with E-state index in [0.717, 1.165) is 24.0 Å². The van der Waals surface area contributed by atoms with E-state index in [1.54, 1.807) is 24.3 Å². The molecule has 0 aliphatic heterocycles. The highest BCUT2D eigenvalue weighted by atomic mass is 32.2. The van der Waals surface area contributed by atoms with Crippen molar-refractivity contribution in [2.45, 2.75) is 11.2 Å². The molecule has 0 bridgehead atoms. The van der Waals surface area contributed by atoms with Gasteiger partial charge in [0.05, 0.1) is 22.5 Å². The molecule has 3 rings (SSSR count). The molecule has 10 heteroatoms. The van der Waals surface area contributed by atoms with Gasteiger partial charge in [-0.3, -0.25) is 9.78 Å². The number of amides is 1. The Hall–Kier alpha value is -3.14. The lowest BCUT2D eigenvalue weighted by Gasteiger charge is -2.09. The Morgan fingerprint density at radius 2 is 1.96 bits per heavy atom. The van der Waals surface area contributed by atoms with Gasteiger partial charge in [-0.05, 0) is 24.3 Å². The molecular weight excluding hydrogens is 393 g/mol. The molecule has 144 valence electrons. The number of hydrogen-bond donors (Lipinski definition) is 1. The molecule has 0 fully saturated rings. The van der Waals surface area contributed by atoms with Crippen LogP contribution in [0, 0.1) is 0 Å². The van der Waals surface area contributed by atoms with Crippen LogP contribution in [-0.4, -0.2) is 26.6 Å². The summed E-state index contributed by atoms with van der Waals surface area (Å²) in [6, 6.07) is 8.86. The molecule has 0 saturated heterocycles. The average molecular weight is 406 g/mol. The summed E-state index contributed by atoms with van der Waals surface area (Å²) >= 11 is 1.03. The van der Waals surface area contributed by atoms with Gasteiger partial charge in [-0.25, -0.2) is 9.97 Å². The van der Waals surface area contributed by atoms with E-state index in [-0.39, 0.29) is 11.7 Å². The van der Waals surface area contributed by atoms with E-state index in [2.05, 4.69) is 20.3 Å². The van der Waals surface area contributed by atoms with E-state index < -0.39 is 11.7 Å². The number of carbonyl (C=O) groups excluding carboxylic acids is 1. The summed E-state index contributed by atoms with van der Waals surface area (Å²) in [6.45, 7) is 0. The summed E-state index contributed by atoms with van der Waals surface area (Å²) in [4.78, 5) is 23.7. The van der Waals surface area contributed by atoms with Gasteiger partial charge in [0.15, 0.2) is 0 Å². The van der Waals surface area contributed by atoms with Gasteiger partial charge in [0.1, 0.15) is 5.75 Å². The fourth-order valence-electron chi connectivity index (χ4n) is 2.07. The lowest BCUT2D eigenvalue weighted by Crippen LogP contribution is -2.14. The maximum atomic E-state index is 12.5. The van der Waals surface area contributed by atoms with E-state index in [0.29, 0.717) is 22.3 Å². The molecule has 1 aromatic carbocycles. The van der Waals surface area contributed by atoms with Crippen molar-refractivity contribution < 1.29 is 22.7 Å². The van der Waals surface area contributed by atoms with Crippen molar-refractivity contribution in [3.8, 4) is 11.6 Å². The topological polar surface area (TPSA) is 77.0 Å². The second kappa shape index (κ2) is 8.70. The molecule has 6 nitrogen and oxygen atoms in total. The number of nitrogens with zero attached hydrogens (tertiary/aromatic N) is 3. The molecule has 0 aliphatic carbocycles. The van der Waals surface area contributed by atoms with Crippen LogP contribution >= 0.6 is 11.8 Å². The standard InChI is InChI=1S/C18H13F3N4O2S/c19-18(20,21)12-4-5-17(24-9-12)28-11-15(26)25-13-2-1-3-14(8-13)27-16-10-22-6-7-23-16/h1-10H,11H2,(H,25,26). The molecular formula is C18H13F3N4O2S. The highest BCUT2D eigenvalue weighted by Crippen LogP contribution is 2.29. The lowest BCUT2D eigenvalue weighted by atomic mass is 10.3. The summed E-state index contributed by atoms with van der Waals surface area (Å²) in [5.41, 5.74) is -0.325. The Morgan fingerprint density at radius 1 is 1.11 bits per heavy atom. The van der Waals surface area contributed by atoms with Gasteiger partial charge in [0.2, 0.25) is 11.8 Å². The van der Waals surface area contributed by atoms with Gasteiger partial charge >= 0.3 is 6.18 Å². The minimum absolute atomic E-state index is 0.00634. The van der Waals surface area contributed by atoms with Crippen molar-refractivity contribution in [3.63, 3.8) is 0 Å². The van der Waals surface area contributed by atoms with Crippen molar-refractivity contribution in [3.05, 3.63) is 66.7 Å². The predicted octanol–water partition coefficient (Wildman–Crippen LogP) is 4.41. The molecule has 0 spiro atoms. The molecule has 0 radical (unpaired) electrons. The molecule has 2 heterocycles. The van der Waals surface area contributed by atoms with Crippen molar-refractivity contribution in [2.75, 3.05) is 11.1 Å². The summed E-state index contributed by atoms with van der Waals surface area (Å²) in [5, 5.41) is 3.01. The predicted molar refractivity (Wildman–Crippen MR) is 97.1 cm³/mol. The largest absolute Gasteiger partial charge is 0.437 e. The van der Waals surface area contributed by atoms with E-state index in [1.807, 2.05) is 0 Å². The van der Waals surface area contributed by atoms with Crippen LogP contribution in [0.5, 0.6) is 11.6 Å². The molecule has 3 aromatic rings.